The van der Waals surface area contributed by atoms with Crippen LogP contribution < -0.4 is 27.4 Å². The average molecular weight is 532 g/mol. The predicted molar refractivity (Wildman–Crippen MR) is 149 cm³/mol. The van der Waals surface area contributed by atoms with E-state index in [0.29, 0.717) is 36.2 Å². The molecule has 0 saturated heterocycles. The number of hydrogen-bond donors (Lipinski definition) is 2. The summed E-state index contributed by atoms with van der Waals surface area (Å²) in [4.78, 5) is 53.1. The van der Waals surface area contributed by atoms with E-state index in [0.717, 1.165) is 5.56 Å². The summed E-state index contributed by atoms with van der Waals surface area (Å²) in [5, 5.41) is 5.83. The van der Waals surface area contributed by atoms with E-state index in [1.165, 1.54) is 26.8 Å². The minimum absolute atomic E-state index is 0.0968. The van der Waals surface area contributed by atoms with E-state index in [1.54, 1.807) is 44.2 Å². The quantitative estimate of drug-likeness (QED) is 0.415. The van der Waals surface area contributed by atoms with Crippen molar-refractivity contribution in [1.29, 1.82) is 0 Å². The Bertz CT molecular complexity index is 1850. The topological polar surface area (TPSA) is 107 Å². The van der Waals surface area contributed by atoms with Crippen molar-refractivity contribution < 1.29 is 9.18 Å². The number of pyridine rings is 1. The molecule has 9 nitrogen and oxygen atoms in total. The molecule has 0 radical (unpaired) electrons. The van der Waals surface area contributed by atoms with Crippen LogP contribution in [0.15, 0.2) is 50.8 Å². The van der Waals surface area contributed by atoms with Gasteiger partial charge >= 0.3 is 5.69 Å². The van der Waals surface area contributed by atoms with Crippen LogP contribution in [0.3, 0.4) is 0 Å². The third-order valence-corrected chi connectivity index (χ3v) is 7.16. The van der Waals surface area contributed by atoms with Gasteiger partial charge in [-0.1, -0.05) is 19.9 Å². The van der Waals surface area contributed by atoms with Crippen LogP contribution in [0.2, 0.25) is 0 Å². The largest absolute Gasteiger partial charge is 0.348 e. The summed E-state index contributed by atoms with van der Waals surface area (Å²) < 4.78 is 18.7. The van der Waals surface area contributed by atoms with E-state index in [1.807, 2.05) is 13.8 Å². The fraction of sp³-hybridized carbons (Fsp3) is 0.310. The number of amides is 1. The Hall–Kier alpha value is -4.47. The molecule has 1 saturated carbocycles. The van der Waals surface area contributed by atoms with Crippen molar-refractivity contribution in [2.45, 2.75) is 53.1 Å². The number of rotatable bonds is 4. The summed E-state index contributed by atoms with van der Waals surface area (Å²) in [6.45, 7) is 7.64. The maximum Gasteiger partial charge on any atom is 0.336 e. The van der Waals surface area contributed by atoms with E-state index in [2.05, 4.69) is 10.6 Å². The van der Waals surface area contributed by atoms with Crippen LogP contribution in [0.25, 0.3) is 16.6 Å². The Balaban J connectivity index is 0.00000151. The SMILES string of the molecule is CC.Cc1ccc(Nc2c3c(=O)n(C4CC4)c(=O)n(-c4ccc5c(c4)CNC5=O)c3c(C)c(=O)n2C)c(F)c1. The molecule has 10 heteroatoms. The number of aromatic nitrogens is 3. The number of fused-ring (bicyclic) bond motifs is 2. The summed E-state index contributed by atoms with van der Waals surface area (Å²) in [7, 11) is 1.51. The van der Waals surface area contributed by atoms with Crippen LogP contribution in [0.1, 0.15) is 59.8 Å². The van der Waals surface area contributed by atoms with E-state index >= 15 is 0 Å². The third kappa shape index (κ3) is 4.16. The van der Waals surface area contributed by atoms with Crippen LogP contribution in [-0.2, 0) is 13.6 Å². The molecule has 3 heterocycles. The number of carbonyl (C=O) groups is 1. The van der Waals surface area contributed by atoms with Crippen LogP contribution >= 0.6 is 0 Å². The molecular weight excluding hydrogens is 501 g/mol. The molecule has 2 aromatic heterocycles. The summed E-state index contributed by atoms with van der Waals surface area (Å²) in [5.74, 6) is -0.634. The van der Waals surface area contributed by atoms with E-state index in [4.69, 9.17) is 0 Å². The lowest BCUT2D eigenvalue weighted by Gasteiger charge is -2.21. The molecule has 1 aliphatic carbocycles. The lowest BCUT2D eigenvalue weighted by atomic mass is 10.1. The van der Waals surface area contributed by atoms with Gasteiger partial charge in [-0.15, -0.1) is 0 Å². The molecule has 4 aromatic rings. The Morgan fingerprint density at radius 3 is 2.36 bits per heavy atom. The van der Waals surface area contributed by atoms with E-state index in [-0.39, 0.29) is 39.9 Å². The van der Waals surface area contributed by atoms with Crippen LogP contribution in [0.5, 0.6) is 0 Å². The third-order valence-electron chi connectivity index (χ3n) is 7.16. The molecule has 202 valence electrons. The highest BCUT2D eigenvalue weighted by Gasteiger charge is 2.32. The summed E-state index contributed by atoms with van der Waals surface area (Å²) in [6.07, 6.45) is 1.37. The van der Waals surface area contributed by atoms with Crippen molar-refractivity contribution in [3.05, 3.63) is 95.7 Å². The van der Waals surface area contributed by atoms with Crippen LogP contribution in [-0.4, -0.2) is 19.6 Å². The van der Waals surface area contributed by atoms with Gasteiger partial charge in [-0.3, -0.25) is 28.1 Å². The van der Waals surface area contributed by atoms with Gasteiger partial charge in [0, 0.05) is 30.8 Å². The van der Waals surface area contributed by atoms with Gasteiger partial charge in [0.1, 0.15) is 17.0 Å². The minimum atomic E-state index is -0.555. The number of nitrogens with one attached hydrogen (secondary N) is 2. The van der Waals surface area contributed by atoms with Gasteiger partial charge in [-0.25, -0.2) is 9.18 Å². The second kappa shape index (κ2) is 9.68. The smallest absolute Gasteiger partial charge is 0.336 e. The van der Waals surface area contributed by atoms with Crippen molar-refractivity contribution in [2.75, 3.05) is 5.32 Å². The zero-order chi connectivity index (χ0) is 28.2. The molecule has 0 spiro atoms. The standard InChI is InChI=1S/C27H24FN5O4.C2H6/c1-13-4-9-20(19(28)10-13)30-23-21-22(14(2)25(35)31(23)3)32(27(37)33(26(21)36)16-5-6-16)17-7-8-18-15(11-17)12-29-24(18)34;1-2/h4,7-11,16,30H,5-6,12H2,1-3H3,(H,29,34);1-2H3. The molecule has 6 rings (SSSR count). The van der Waals surface area contributed by atoms with Gasteiger partial charge in [-0.05, 0) is 68.1 Å². The van der Waals surface area contributed by atoms with Crippen molar-refractivity contribution >= 4 is 28.3 Å². The Labute approximate surface area is 223 Å². The first kappa shape index (κ1) is 26.1. The zero-order valence-corrected chi connectivity index (χ0v) is 22.5. The minimum Gasteiger partial charge on any atom is -0.348 e. The molecule has 1 amide bonds. The lowest BCUT2D eigenvalue weighted by Crippen LogP contribution is -2.41. The van der Waals surface area contributed by atoms with Crippen LogP contribution in [0, 0.1) is 19.7 Å². The maximum atomic E-state index is 14.8. The van der Waals surface area contributed by atoms with E-state index < -0.39 is 22.6 Å². The molecule has 2 aromatic carbocycles. The van der Waals surface area contributed by atoms with Gasteiger partial charge in [-0.2, -0.15) is 0 Å². The summed E-state index contributed by atoms with van der Waals surface area (Å²) in [6, 6.07) is 9.35. The maximum absolute atomic E-state index is 14.8. The fourth-order valence-corrected chi connectivity index (χ4v) is 5.06. The first-order chi connectivity index (χ1) is 18.7. The molecule has 2 N–H and O–H groups in total. The molecule has 0 atom stereocenters. The molecular formula is C29H30FN5O4. The van der Waals surface area contributed by atoms with Gasteiger partial charge in [0.05, 0.1) is 16.9 Å². The molecule has 1 fully saturated rings. The van der Waals surface area contributed by atoms with E-state index in [9.17, 15) is 23.6 Å². The number of anilines is 2. The van der Waals surface area contributed by atoms with Crippen LogP contribution in [0.4, 0.5) is 15.9 Å². The number of benzene rings is 2. The number of hydrogen-bond acceptors (Lipinski definition) is 5. The van der Waals surface area contributed by atoms with Crippen molar-refractivity contribution in [2.24, 2.45) is 7.05 Å². The van der Waals surface area contributed by atoms with Gasteiger partial charge < -0.3 is 10.6 Å². The Morgan fingerprint density at radius 2 is 1.69 bits per heavy atom. The predicted octanol–water partition coefficient (Wildman–Crippen LogP) is 3.96. The van der Waals surface area contributed by atoms with Crippen molar-refractivity contribution in [1.82, 2.24) is 19.0 Å². The highest BCUT2D eigenvalue weighted by Crippen LogP contribution is 2.34. The van der Waals surface area contributed by atoms with Gasteiger partial charge in [0.15, 0.2) is 0 Å². The average Bonchev–Trinajstić information content (AvgIpc) is 3.69. The summed E-state index contributed by atoms with van der Waals surface area (Å²) >= 11 is 0. The Morgan fingerprint density at radius 1 is 0.974 bits per heavy atom. The molecule has 0 bridgehead atoms. The first-order valence-electron chi connectivity index (χ1n) is 13.0. The molecule has 2 aliphatic rings. The highest BCUT2D eigenvalue weighted by atomic mass is 19.1. The fourth-order valence-electron chi connectivity index (χ4n) is 5.06. The first-order valence-corrected chi connectivity index (χ1v) is 13.0. The number of aryl methyl sites for hydroxylation is 2. The highest BCUT2D eigenvalue weighted by molar-refractivity contribution is 5.99. The number of nitrogens with zero attached hydrogens (tertiary/aromatic N) is 3. The second-order valence-corrected chi connectivity index (χ2v) is 9.72. The lowest BCUT2D eigenvalue weighted by molar-refractivity contribution is 0.0965. The van der Waals surface area contributed by atoms with Gasteiger partial charge in [0.2, 0.25) is 0 Å². The van der Waals surface area contributed by atoms with Crippen molar-refractivity contribution in [3.8, 4) is 5.69 Å². The van der Waals surface area contributed by atoms with Crippen molar-refractivity contribution in [3.63, 3.8) is 0 Å². The number of halogens is 1. The number of carbonyl (C=O) groups excluding carboxylic acids is 1. The monoisotopic (exact) mass is 531 g/mol. The zero-order valence-electron chi connectivity index (χ0n) is 22.5. The Kier molecular flexibility index (Phi) is 6.49. The summed E-state index contributed by atoms with van der Waals surface area (Å²) in [5.41, 5.74) is 1.33. The molecule has 39 heavy (non-hydrogen) atoms. The molecule has 1 aliphatic heterocycles. The molecule has 0 unspecified atom stereocenters. The second-order valence-electron chi connectivity index (χ2n) is 9.72. The normalized spacial score (nSPS) is 14.1. The van der Waals surface area contributed by atoms with Gasteiger partial charge in [0.25, 0.3) is 17.0 Å².